The second kappa shape index (κ2) is 9.26. The van der Waals surface area contributed by atoms with Gasteiger partial charge in [-0.1, -0.05) is 42.5 Å². The molecule has 1 aliphatic heterocycles. The van der Waals surface area contributed by atoms with Gasteiger partial charge in [-0.25, -0.2) is 0 Å². The fourth-order valence-electron chi connectivity index (χ4n) is 4.32. The van der Waals surface area contributed by atoms with Crippen LogP contribution in [0.3, 0.4) is 0 Å². The number of aromatic amines is 1. The van der Waals surface area contributed by atoms with Gasteiger partial charge in [-0.3, -0.25) is 19.2 Å². The van der Waals surface area contributed by atoms with E-state index in [1.807, 2.05) is 24.3 Å². The average molecular weight is 466 g/mol. The van der Waals surface area contributed by atoms with Gasteiger partial charge in [0.2, 0.25) is 11.5 Å². The SMILES string of the molecule is O=C(NCCC1C(=O)Nc2ccccc21)c1cccc(NC(=O)c2cc(=O)[nH]c3ccccc23)c1. The summed E-state index contributed by atoms with van der Waals surface area (Å²) in [6.45, 7) is 0.320. The molecule has 0 saturated carbocycles. The molecule has 1 unspecified atom stereocenters. The van der Waals surface area contributed by atoms with Crippen molar-refractivity contribution in [2.75, 3.05) is 17.2 Å². The van der Waals surface area contributed by atoms with Crippen LogP contribution < -0.4 is 21.5 Å². The predicted octanol–water partition coefficient (Wildman–Crippen LogP) is 3.64. The minimum Gasteiger partial charge on any atom is -0.352 e. The molecule has 0 aliphatic carbocycles. The van der Waals surface area contributed by atoms with Crippen molar-refractivity contribution in [3.63, 3.8) is 0 Å². The molecule has 5 rings (SSSR count). The van der Waals surface area contributed by atoms with E-state index in [1.54, 1.807) is 48.5 Å². The van der Waals surface area contributed by atoms with E-state index in [4.69, 9.17) is 0 Å². The number of fused-ring (bicyclic) bond motifs is 2. The van der Waals surface area contributed by atoms with Gasteiger partial charge in [-0.05, 0) is 42.3 Å². The average Bonchev–Trinajstić information content (AvgIpc) is 3.18. The van der Waals surface area contributed by atoms with Crippen molar-refractivity contribution < 1.29 is 14.4 Å². The number of aromatic nitrogens is 1. The Kier molecular flexibility index (Phi) is 5.85. The first-order chi connectivity index (χ1) is 17.0. The summed E-state index contributed by atoms with van der Waals surface area (Å²) in [6, 6.07) is 22.4. The summed E-state index contributed by atoms with van der Waals surface area (Å²) < 4.78 is 0. The van der Waals surface area contributed by atoms with E-state index < -0.39 is 5.91 Å². The third-order valence-electron chi connectivity index (χ3n) is 6.01. The molecule has 0 radical (unpaired) electrons. The van der Waals surface area contributed by atoms with Gasteiger partial charge in [0.15, 0.2) is 0 Å². The van der Waals surface area contributed by atoms with Gasteiger partial charge in [0.1, 0.15) is 0 Å². The van der Waals surface area contributed by atoms with Crippen LogP contribution in [0.15, 0.2) is 83.7 Å². The van der Waals surface area contributed by atoms with E-state index in [0.29, 0.717) is 35.1 Å². The molecule has 4 N–H and O–H groups in total. The maximum atomic E-state index is 12.9. The minimum absolute atomic E-state index is 0.0718. The van der Waals surface area contributed by atoms with E-state index >= 15 is 0 Å². The minimum atomic E-state index is -0.448. The van der Waals surface area contributed by atoms with Crippen LogP contribution in [0.4, 0.5) is 11.4 Å². The number of para-hydroxylation sites is 2. The first-order valence-corrected chi connectivity index (χ1v) is 11.2. The smallest absolute Gasteiger partial charge is 0.256 e. The zero-order valence-corrected chi connectivity index (χ0v) is 18.6. The fourth-order valence-corrected chi connectivity index (χ4v) is 4.32. The predicted molar refractivity (Wildman–Crippen MR) is 134 cm³/mol. The zero-order valence-electron chi connectivity index (χ0n) is 18.6. The largest absolute Gasteiger partial charge is 0.352 e. The number of rotatable bonds is 6. The third-order valence-corrected chi connectivity index (χ3v) is 6.01. The summed E-state index contributed by atoms with van der Waals surface area (Å²) in [7, 11) is 0. The number of carbonyl (C=O) groups excluding carboxylic acids is 3. The summed E-state index contributed by atoms with van der Waals surface area (Å²) in [5, 5.41) is 9.09. The van der Waals surface area contributed by atoms with Gasteiger partial charge < -0.3 is 20.9 Å². The van der Waals surface area contributed by atoms with Crippen molar-refractivity contribution in [1.29, 1.82) is 0 Å². The molecular formula is C27H22N4O4. The van der Waals surface area contributed by atoms with Crippen LogP contribution in [0.25, 0.3) is 10.9 Å². The van der Waals surface area contributed by atoms with Gasteiger partial charge in [-0.15, -0.1) is 0 Å². The molecule has 0 bridgehead atoms. The standard InChI is InChI=1S/C27H22N4O4/c32-24-15-21(19-9-2-3-10-22(19)30-24)27(35)29-17-7-5-6-16(14-17)25(33)28-13-12-20-18-8-1-4-11-23(18)31-26(20)34/h1-11,14-15,20H,12-13H2,(H,28,33)(H,29,35)(H,30,32)(H,31,34). The molecule has 8 nitrogen and oxygen atoms in total. The van der Waals surface area contributed by atoms with Crippen LogP contribution in [0, 0.1) is 0 Å². The molecule has 0 saturated heterocycles. The van der Waals surface area contributed by atoms with Crippen LogP contribution in [-0.2, 0) is 4.79 Å². The summed E-state index contributed by atoms with van der Waals surface area (Å²) in [5.74, 6) is -1.14. The highest BCUT2D eigenvalue weighted by atomic mass is 16.2. The van der Waals surface area contributed by atoms with Crippen LogP contribution in [-0.4, -0.2) is 29.3 Å². The first-order valence-electron chi connectivity index (χ1n) is 11.2. The number of anilines is 2. The van der Waals surface area contributed by atoms with Crippen molar-refractivity contribution >= 4 is 40.0 Å². The quantitative estimate of drug-likeness (QED) is 0.347. The van der Waals surface area contributed by atoms with Gasteiger partial charge in [0, 0.05) is 40.5 Å². The number of hydrogen-bond donors (Lipinski definition) is 4. The van der Waals surface area contributed by atoms with Crippen molar-refractivity contribution in [2.45, 2.75) is 12.3 Å². The summed E-state index contributed by atoms with van der Waals surface area (Å²) >= 11 is 0. The Hall–Kier alpha value is -4.72. The van der Waals surface area contributed by atoms with E-state index in [0.717, 1.165) is 11.3 Å². The lowest BCUT2D eigenvalue weighted by atomic mass is 9.97. The van der Waals surface area contributed by atoms with Gasteiger partial charge in [-0.2, -0.15) is 0 Å². The highest BCUT2D eigenvalue weighted by Crippen LogP contribution is 2.33. The van der Waals surface area contributed by atoms with Gasteiger partial charge in [0.25, 0.3) is 11.8 Å². The lowest BCUT2D eigenvalue weighted by Gasteiger charge is -2.11. The lowest BCUT2D eigenvalue weighted by Crippen LogP contribution is -2.27. The normalized spacial score (nSPS) is 14.3. The number of benzene rings is 3. The topological polar surface area (TPSA) is 120 Å². The summed E-state index contributed by atoms with van der Waals surface area (Å²) in [5.41, 5.74) is 2.98. The molecule has 0 spiro atoms. The molecule has 0 fully saturated rings. The molecule has 3 amide bonds. The Morgan fingerprint density at radius 1 is 0.857 bits per heavy atom. The Morgan fingerprint density at radius 3 is 2.54 bits per heavy atom. The van der Waals surface area contributed by atoms with Crippen LogP contribution in [0.2, 0.25) is 0 Å². The molecule has 1 aliphatic rings. The fraction of sp³-hybridized carbons (Fsp3) is 0.111. The van der Waals surface area contributed by atoms with Crippen molar-refractivity contribution in [2.24, 2.45) is 0 Å². The van der Waals surface area contributed by atoms with Crippen LogP contribution in [0.5, 0.6) is 0 Å². The van der Waals surface area contributed by atoms with E-state index in [-0.39, 0.29) is 28.9 Å². The number of H-pyrrole nitrogens is 1. The molecular weight excluding hydrogens is 444 g/mol. The molecule has 2 heterocycles. The third kappa shape index (κ3) is 4.54. The molecule has 4 aromatic rings. The molecule has 1 aromatic heterocycles. The second-order valence-corrected chi connectivity index (χ2v) is 8.30. The second-order valence-electron chi connectivity index (χ2n) is 8.30. The van der Waals surface area contributed by atoms with Crippen molar-refractivity contribution in [3.8, 4) is 0 Å². The molecule has 8 heteroatoms. The van der Waals surface area contributed by atoms with E-state index in [9.17, 15) is 19.2 Å². The number of carbonyl (C=O) groups is 3. The van der Waals surface area contributed by atoms with Crippen molar-refractivity contribution in [3.05, 3.63) is 106 Å². The monoisotopic (exact) mass is 466 g/mol. The molecule has 174 valence electrons. The van der Waals surface area contributed by atoms with E-state index in [2.05, 4.69) is 20.9 Å². The number of pyridine rings is 1. The highest BCUT2D eigenvalue weighted by molar-refractivity contribution is 6.12. The number of hydrogen-bond acceptors (Lipinski definition) is 4. The molecule has 35 heavy (non-hydrogen) atoms. The van der Waals surface area contributed by atoms with Crippen molar-refractivity contribution in [1.82, 2.24) is 10.3 Å². The summed E-state index contributed by atoms with van der Waals surface area (Å²) in [6.07, 6.45) is 0.473. The van der Waals surface area contributed by atoms with Gasteiger partial charge >= 0.3 is 0 Å². The Bertz CT molecular complexity index is 1530. The maximum Gasteiger partial charge on any atom is 0.256 e. The molecule has 3 aromatic carbocycles. The maximum absolute atomic E-state index is 12.9. The van der Waals surface area contributed by atoms with Gasteiger partial charge in [0.05, 0.1) is 11.5 Å². The summed E-state index contributed by atoms with van der Waals surface area (Å²) in [4.78, 5) is 52.6. The highest BCUT2D eigenvalue weighted by Gasteiger charge is 2.29. The molecule has 1 atom stereocenters. The Balaban J connectivity index is 1.25. The van der Waals surface area contributed by atoms with E-state index in [1.165, 1.54) is 6.07 Å². The van der Waals surface area contributed by atoms with Crippen LogP contribution in [0.1, 0.15) is 38.6 Å². The first kappa shape index (κ1) is 22.1. The Labute approximate surface area is 200 Å². The number of amides is 3. The number of nitrogens with one attached hydrogen (secondary N) is 4. The Morgan fingerprint density at radius 2 is 1.66 bits per heavy atom. The van der Waals surface area contributed by atoms with Crippen LogP contribution >= 0.6 is 0 Å². The lowest BCUT2D eigenvalue weighted by molar-refractivity contribution is -0.117. The zero-order chi connectivity index (χ0) is 24.4.